The number of carboxylic acids is 1. The predicted molar refractivity (Wildman–Crippen MR) is 140 cm³/mol. The minimum absolute atomic E-state index is 0.0560. The molecular weight excluding hydrogens is 494 g/mol. The first-order valence-corrected chi connectivity index (χ1v) is 11.9. The Hall–Kier alpha value is -4.61. The standard InChI is InChI=1S/C26H33N5O7/c1-17-5-4-6-20(13-17)31(26(27)37)21-8-7-19(14-22(21)38-3)15-23(33)29-16-24(34)30(11-9-25(35)36)12-10-28-18(2)32/h4-8,13-14H,9-12,15-16H2,1-3H3,(H2,27,37)(H,28,32)(H,29,33)(H,35,36). The van der Waals surface area contributed by atoms with Gasteiger partial charge in [0.05, 0.1) is 37.9 Å². The minimum atomic E-state index is -1.07. The van der Waals surface area contributed by atoms with E-state index < -0.39 is 23.8 Å². The van der Waals surface area contributed by atoms with E-state index in [0.717, 1.165) is 5.56 Å². The lowest BCUT2D eigenvalue weighted by Gasteiger charge is -2.24. The number of nitrogens with one attached hydrogen (secondary N) is 2. The maximum absolute atomic E-state index is 12.6. The average Bonchev–Trinajstić information content (AvgIpc) is 2.85. The number of ether oxygens (including phenoxy) is 1. The van der Waals surface area contributed by atoms with Crippen molar-refractivity contribution in [2.75, 3.05) is 38.2 Å². The van der Waals surface area contributed by atoms with Gasteiger partial charge in [-0.05, 0) is 42.3 Å². The quantitative estimate of drug-likeness (QED) is 0.304. The summed E-state index contributed by atoms with van der Waals surface area (Å²) in [6.45, 7) is 3.10. The number of primary amides is 1. The van der Waals surface area contributed by atoms with Gasteiger partial charge in [0.15, 0.2) is 0 Å². The number of methoxy groups -OCH3 is 1. The second kappa shape index (κ2) is 14.2. The molecule has 5 amide bonds. The van der Waals surface area contributed by atoms with Crippen molar-refractivity contribution in [1.29, 1.82) is 0 Å². The molecule has 38 heavy (non-hydrogen) atoms. The average molecular weight is 528 g/mol. The first-order valence-electron chi connectivity index (χ1n) is 11.9. The first-order chi connectivity index (χ1) is 18.0. The second-order valence-corrected chi connectivity index (χ2v) is 8.48. The summed E-state index contributed by atoms with van der Waals surface area (Å²) in [4.78, 5) is 61.9. The zero-order valence-corrected chi connectivity index (χ0v) is 21.7. The molecule has 0 heterocycles. The first kappa shape index (κ1) is 29.6. The number of hydrogen-bond acceptors (Lipinski definition) is 6. The number of nitrogens with two attached hydrogens (primary N) is 1. The molecule has 2 aromatic carbocycles. The van der Waals surface area contributed by atoms with Crippen LogP contribution in [-0.4, -0.2) is 73.0 Å². The van der Waals surface area contributed by atoms with Crippen LogP contribution in [0.2, 0.25) is 0 Å². The van der Waals surface area contributed by atoms with Crippen molar-refractivity contribution in [1.82, 2.24) is 15.5 Å². The number of aliphatic carboxylic acids is 1. The van der Waals surface area contributed by atoms with Crippen LogP contribution in [0.5, 0.6) is 5.75 Å². The number of hydrogen-bond donors (Lipinski definition) is 4. The predicted octanol–water partition coefficient (Wildman–Crippen LogP) is 1.32. The van der Waals surface area contributed by atoms with Crippen LogP contribution in [0.25, 0.3) is 0 Å². The maximum atomic E-state index is 12.6. The zero-order valence-electron chi connectivity index (χ0n) is 21.7. The number of carboxylic acid groups (broad SMARTS) is 1. The highest BCUT2D eigenvalue weighted by Gasteiger charge is 2.21. The van der Waals surface area contributed by atoms with E-state index in [1.165, 1.54) is 23.8 Å². The summed E-state index contributed by atoms with van der Waals surface area (Å²) in [5.41, 5.74) is 8.11. The van der Waals surface area contributed by atoms with E-state index in [-0.39, 0.29) is 44.9 Å². The third-order valence-corrected chi connectivity index (χ3v) is 5.47. The smallest absolute Gasteiger partial charge is 0.324 e. The zero-order chi connectivity index (χ0) is 28.2. The van der Waals surface area contributed by atoms with E-state index in [0.29, 0.717) is 22.7 Å². The van der Waals surface area contributed by atoms with Crippen molar-refractivity contribution in [2.24, 2.45) is 5.73 Å². The van der Waals surface area contributed by atoms with Gasteiger partial charge in [-0.1, -0.05) is 18.2 Å². The van der Waals surface area contributed by atoms with Gasteiger partial charge in [-0.25, -0.2) is 4.79 Å². The lowest BCUT2D eigenvalue weighted by molar-refractivity contribution is -0.139. The molecule has 2 rings (SSSR count). The number of carbonyl (C=O) groups excluding carboxylic acids is 4. The fourth-order valence-electron chi connectivity index (χ4n) is 3.66. The second-order valence-electron chi connectivity index (χ2n) is 8.48. The number of carbonyl (C=O) groups is 5. The van der Waals surface area contributed by atoms with Crippen LogP contribution in [-0.2, 0) is 25.6 Å². The number of amides is 5. The Morgan fingerprint density at radius 3 is 2.37 bits per heavy atom. The number of aryl methyl sites for hydroxylation is 1. The molecule has 12 nitrogen and oxygen atoms in total. The molecule has 0 aromatic heterocycles. The van der Waals surface area contributed by atoms with E-state index in [1.54, 1.807) is 36.4 Å². The molecule has 0 unspecified atom stereocenters. The molecule has 0 aliphatic carbocycles. The van der Waals surface area contributed by atoms with Gasteiger partial charge < -0.3 is 31.1 Å². The molecule has 0 saturated heterocycles. The van der Waals surface area contributed by atoms with E-state index in [1.807, 2.05) is 13.0 Å². The van der Waals surface area contributed by atoms with Gasteiger partial charge in [-0.2, -0.15) is 0 Å². The van der Waals surface area contributed by atoms with Crippen LogP contribution in [0.1, 0.15) is 24.5 Å². The van der Waals surface area contributed by atoms with Crippen molar-refractivity contribution in [3.05, 3.63) is 53.6 Å². The molecule has 0 aliphatic rings. The van der Waals surface area contributed by atoms with Gasteiger partial charge >= 0.3 is 12.0 Å². The molecule has 2 aromatic rings. The number of benzene rings is 2. The fourth-order valence-corrected chi connectivity index (χ4v) is 3.66. The Kier molecular flexibility index (Phi) is 11.1. The van der Waals surface area contributed by atoms with E-state index in [9.17, 15) is 24.0 Å². The van der Waals surface area contributed by atoms with Crippen LogP contribution in [0, 0.1) is 6.92 Å². The van der Waals surface area contributed by atoms with Gasteiger partial charge in [-0.3, -0.25) is 24.1 Å². The van der Waals surface area contributed by atoms with E-state index >= 15 is 0 Å². The fraction of sp³-hybridized carbons (Fsp3) is 0.346. The monoisotopic (exact) mass is 527 g/mol. The third kappa shape index (κ3) is 9.12. The highest BCUT2D eigenvalue weighted by atomic mass is 16.5. The van der Waals surface area contributed by atoms with Crippen LogP contribution < -0.4 is 26.0 Å². The SMILES string of the molecule is COc1cc(CC(=O)NCC(=O)N(CCNC(C)=O)CCC(=O)O)ccc1N(C(N)=O)c1cccc(C)c1. The largest absolute Gasteiger partial charge is 0.495 e. The number of nitrogens with zero attached hydrogens (tertiary/aromatic N) is 2. The van der Waals surface area contributed by atoms with Crippen LogP contribution >= 0.6 is 0 Å². The minimum Gasteiger partial charge on any atom is -0.495 e. The maximum Gasteiger partial charge on any atom is 0.324 e. The summed E-state index contributed by atoms with van der Waals surface area (Å²) >= 11 is 0. The molecule has 0 atom stereocenters. The van der Waals surface area contributed by atoms with Gasteiger partial charge in [0.2, 0.25) is 17.7 Å². The van der Waals surface area contributed by atoms with Crippen molar-refractivity contribution >= 4 is 41.1 Å². The molecule has 0 saturated carbocycles. The molecule has 0 radical (unpaired) electrons. The van der Waals surface area contributed by atoms with Gasteiger partial charge in [0.25, 0.3) is 0 Å². The number of rotatable bonds is 13. The molecule has 0 bridgehead atoms. The summed E-state index contributed by atoms with van der Waals surface area (Å²) in [5.74, 6) is -1.94. The molecular formula is C26H33N5O7. The third-order valence-electron chi connectivity index (χ3n) is 5.47. The van der Waals surface area contributed by atoms with Gasteiger partial charge in [0, 0.05) is 26.6 Å². The molecule has 0 aliphatic heterocycles. The molecule has 12 heteroatoms. The highest BCUT2D eigenvalue weighted by Crippen LogP contribution is 2.35. The van der Waals surface area contributed by atoms with Crippen LogP contribution in [0.4, 0.5) is 16.2 Å². The normalized spacial score (nSPS) is 10.3. The van der Waals surface area contributed by atoms with E-state index in [2.05, 4.69) is 10.6 Å². The molecule has 0 fully saturated rings. The van der Waals surface area contributed by atoms with Crippen molar-refractivity contribution in [2.45, 2.75) is 26.7 Å². The Morgan fingerprint density at radius 2 is 1.76 bits per heavy atom. The van der Waals surface area contributed by atoms with Crippen LogP contribution in [0.3, 0.4) is 0 Å². The Labute approximate surface area is 220 Å². The van der Waals surface area contributed by atoms with Crippen molar-refractivity contribution < 1.29 is 33.8 Å². The Bertz CT molecular complexity index is 1180. The summed E-state index contributed by atoms with van der Waals surface area (Å²) < 4.78 is 5.46. The number of urea groups is 1. The summed E-state index contributed by atoms with van der Waals surface area (Å²) in [6, 6.07) is 11.4. The Morgan fingerprint density at radius 1 is 1.03 bits per heavy atom. The van der Waals surface area contributed by atoms with E-state index in [4.69, 9.17) is 15.6 Å². The Balaban J connectivity index is 2.07. The van der Waals surface area contributed by atoms with Crippen LogP contribution in [0.15, 0.2) is 42.5 Å². The number of anilines is 2. The topological polar surface area (TPSA) is 171 Å². The summed E-state index contributed by atoms with van der Waals surface area (Å²) in [5, 5.41) is 14.0. The van der Waals surface area contributed by atoms with Crippen molar-refractivity contribution in [3.63, 3.8) is 0 Å². The lowest BCUT2D eigenvalue weighted by Crippen LogP contribution is -2.44. The summed E-state index contributed by atoms with van der Waals surface area (Å²) in [7, 11) is 1.43. The lowest BCUT2D eigenvalue weighted by atomic mass is 10.1. The molecule has 5 N–H and O–H groups in total. The van der Waals surface area contributed by atoms with Gasteiger partial charge in [-0.15, -0.1) is 0 Å². The van der Waals surface area contributed by atoms with Crippen molar-refractivity contribution in [3.8, 4) is 5.75 Å². The van der Waals surface area contributed by atoms with Gasteiger partial charge in [0.1, 0.15) is 5.75 Å². The molecule has 0 spiro atoms. The molecule has 204 valence electrons. The summed E-state index contributed by atoms with van der Waals surface area (Å²) in [6.07, 6.45) is -0.345. The highest BCUT2D eigenvalue weighted by molar-refractivity contribution is 6.00.